The highest BCUT2D eigenvalue weighted by atomic mass is 16.3. The lowest BCUT2D eigenvalue weighted by atomic mass is 10.00. The molecule has 1 aromatic carbocycles. The van der Waals surface area contributed by atoms with Crippen LogP contribution in [0.15, 0.2) is 85.5 Å². The molecule has 40 heavy (non-hydrogen) atoms. The van der Waals surface area contributed by atoms with E-state index in [0.29, 0.717) is 37.3 Å². The molecule has 1 aliphatic heterocycles. The van der Waals surface area contributed by atoms with Crippen LogP contribution >= 0.6 is 0 Å². The molecule has 9 nitrogen and oxygen atoms in total. The van der Waals surface area contributed by atoms with E-state index in [2.05, 4.69) is 27.1 Å². The minimum Gasteiger partial charge on any atom is -0.378 e. The van der Waals surface area contributed by atoms with Crippen LogP contribution in [0.25, 0.3) is 27.8 Å². The molecule has 0 spiro atoms. The van der Waals surface area contributed by atoms with E-state index in [1.165, 1.54) is 0 Å². The van der Waals surface area contributed by atoms with Crippen molar-refractivity contribution in [3.8, 4) is 28.3 Å². The topological polar surface area (TPSA) is 111 Å². The summed E-state index contributed by atoms with van der Waals surface area (Å²) in [6, 6.07) is 21.3. The van der Waals surface area contributed by atoms with Gasteiger partial charge in [-0.15, -0.1) is 0 Å². The van der Waals surface area contributed by atoms with E-state index in [1.54, 1.807) is 33.9 Å². The maximum atomic E-state index is 12.8. The number of nitrogens with zero attached hydrogens (tertiary/aromatic N) is 7. The SMILES string of the molecule is Cc1cc(-c2cc(-c3ccc(N4CCN(C(=O)[C@H](O)c5ccccc5)CC4)nc3)c3c(C#N)cnn3c2)ccn1. The molecule has 0 aliphatic carbocycles. The summed E-state index contributed by atoms with van der Waals surface area (Å²) in [5.41, 5.74) is 6.46. The number of nitriles is 1. The smallest absolute Gasteiger partial charge is 0.256 e. The van der Waals surface area contributed by atoms with Gasteiger partial charge in [0.15, 0.2) is 6.10 Å². The number of fused-ring (bicyclic) bond motifs is 1. The highest BCUT2D eigenvalue weighted by Crippen LogP contribution is 2.32. The molecule has 9 heteroatoms. The molecule has 1 N–H and O–H groups in total. The third kappa shape index (κ3) is 4.77. The molecular formula is C31H27N7O2. The third-order valence-electron chi connectivity index (χ3n) is 7.29. The Hall–Kier alpha value is -5.07. The summed E-state index contributed by atoms with van der Waals surface area (Å²) in [4.78, 5) is 25.7. The van der Waals surface area contributed by atoms with Crippen LogP contribution in [0.4, 0.5) is 5.82 Å². The Labute approximate surface area is 231 Å². The number of benzene rings is 1. The molecule has 6 rings (SSSR count). The number of hydrogen-bond acceptors (Lipinski definition) is 7. The first kappa shape index (κ1) is 25.2. The number of anilines is 1. The number of amides is 1. The quantitative estimate of drug-likeness (QED) is 0.366. The molecule has 4 aromatic heterocycles. The summed E-state index contributed by atoms with van der Waals surface area (Å²) < 4.78 is 1.74. The number of carbonyl (C=O) groups is 1. The second-order valence-electron chi connectivity index (χ2n) is 9.82. The van der Waals surface area contributed by atoms with Crippen molar-refractivity contribution < 1.29 is 9.90 Å². The summed E-state index contributed by atoms with van der Waals surface area (Å²) >= 11 is 0. The summed E-state index contributed by atoms with van der Waals surface area (Å²) in [6.45, 7) is 4.18. The van der Waals surface area contributed by atoms with Crippen molar-refractivity contribution in [3.63, 3.8) is 0 Å². The molecule has 0 unspecified atom stereocenters. The number of rotatable bonds is 5. The van der Waals surface area contributed by atoms with Crippen LogP contribution in [0, 0.1) is 18.3 Å². The Morgan fingerprint density at radius 3 is 2.45 bits per heavy atom. The first-order chi connectivity index (χ1) is 19.5. The molecule has 0 radical (unpaired) electrons. The van der Waals surface area contributed by atoms with Gasteiger partial charge in [0.05, 0.1) is 17.3 Å². The van der Waals surface area contributed by atoms with Gasteiger partial charge in [-0.05, 0) is 48.4 Å². The first-order valence-electron chi connectivity index (χ1n) is 13.1. The molecule has 1 saturated heterocycles. The normalized spacial score (nSPS) is 14.2. The van der Waals surface area contributed by atoms with Crippen molar-refractivity contribution in [3.05, 3.63) is 102 Å². The molecule has 5 heterocycles. The van der Waals surface area contributed by atoms with Gasteiger partial charge in [-0.2, -0.15) is 10.4 Å². The summed E-state index contributed by atoms with van der Waals surface area (Å²) in [5, 5.41) is 24.7. The van der Waals surface area contributed by atoms with Gasteiger partial charge in [0.1, 0.15) is 11.9 Å². The van der Waals surface area contributed by atoms with E-state index >= 15 is 0 Å². The predicted octanol–water partition coefficient (Wildman–Crippen LogP) is 4.02. The van der Waals surface area contributed by atoms with Crippen LogP contribution in [0.2, 0.25) is 0 Å². The number of carbonyl (C=O) groups excluding carboxylic acids is 1. The Balaban J connectivity index is 1.23. The Morgan fingerprint density at radius 1 is 0.950 bits per heavy atom. The molecule has 0 bridgehead atoms. The lowest BCUT2D eigenvalue weighted by Crippen LogP contribution is -2.50. The largest absolute Gasteiger partial charge is 0.378 e. The molecule has 1 atom stereocenters. The van der Waals surface area contributed by atoms with Crippen molar-refractivity contribution in [2.75, 3.05) is 31.1 Å². The van der Waals surface area contributed by atoms with Gasteiger partial charge in [-0.1, -0.05) is 30.3 Å². The van der Waals surface area contributed by atoms with Crippen molar-refractivity contribution in [1.29, 1.82) is 5.26 Å². The number of aryl methyl sites for hydroxylation is 1. The van der Waals surface area contributed by atoms with Gasteiger partial charge < -0.3 is 14.9 Å². The Morgan fingerprint density at radius 2 is 1.75 bits per heavy atom. The molecule has 1 fully saturated rings. The second kappa shape index (κ2) is 10.6. The van der Waals surface area contributed by atoms with Gasteiger partial charge >= 0.3 is 0 Å². The van der Waals surface area contributed by atoms with E-state index in [0.717, 1.165) is 39.3 Å². The third-order valence-corrected chi connectivity index (χ3v) is 7.29. The van der Waals surface area contributed by atoms with Crippen LogP contribution in [-0.4, -0.2) is 61.7 Å². The zero-order valence-electron chi connectivity index (χ0n) is 22.0. The zero-order valence-corrected chi connectivity index (χ0v) is 22.0. The van der Waals surface area contributed by atoms with Crippen molar-refractivity contribution in [2.24, 2.45) is 0 Å². The molecule has 1 aliphatic rings. The highest BCUT2D eigenvalue weighted by molar-refractivity contribution is 5.87. The number of aliphatic hydroxyl groups excluding tert-OH is 1. The number of pyridine rings is 3. The Bertz CT molecular complexity index is 1720. The summed E-state index contributed by atoms with van der Waals surface area (Å²) in [6.07, 6.45) is 5.95. The zero-order chi connectivity index (χ0) is 27.6. The molecule has 5 aromatic rings. The number of aromatic nitrogens is 4. The molecule has 1 amide bonds. The van der Waals surface area contributed by atoms with Crippen LogP contribution in [0.3, 0.4) is 0 Å². The van der Waals surface area contributed by atoms with E-state index in [4.69, 9.17) is 4.98 Å². The first-order valence-corrected chi connectivity index (χ1v) is 13.1. The van der Waals surface area contributed by atoms with Crippen LogP contribution in [0.5, 0.6) is 0 Å². The average Bonchev–Trinajstić information content (AvgIpc) is 3.44. The standard InChI is InChI=1S/C31H27N7O2/c1-21-15-23(9-10-33-21)25-16-27(29-26(17-32)19-35-38(29)20-25)24-7-8-28(34-18-24)36-11-13-37(14-12-36)31(40)30(39)22-5-3-2-4-6-22/h2-10,15-16,18-20,30,39H,11-14H2,1H3/t30-/m1/s1. The van der Waals surface area contributed by atoms with Gasteiger partial charge in [-0.25, -0.2) is 9.50 Å². The predicted molar refractivity (Wildman–Crippen MR) is 151 cm³/mol. The average molecular weight is 530 g/mol. The number of piperazine rings is 1. The van der Waals surface area contributed by atoms with E-state index < -0.39 is 6.10 Å². The van der Waals surface area contributed by atoms with Crippen molar-refractivity contribution in [2.45, 2.75) is 13.0 Å². The van der Waals surface area contributed by atoms with Gasteiger partial charge in [0, 0.05) is 67.2 Å². The van der Waals surface area contributed by atoms with Crippen LogP contribution < -0.4 is 4.90 Å². The minimum atomic E-state index is -1.16. The molecular weight excluding hydrogens is 502 g/mol. The minimum absolute atomic E-state index is 0.281. The summed E-state index contributed by atoms with van der Waals surface area (Å²) in [5.74, 6) is 0.530. The monoisotopic (exact) mass is 529 g/mol. The highest BCUT2D eigenvalue weighted by Gasteiger charge is 2.27. The van der Waals surface area contributed by atoms with Crippen LogP contribution in [-0.2, 0) is 4.79 Å². The lowest BCUT2D eigenvalue weighted by molar-refractivity contribution is -0.140. The fourth-order valence-corrected chi connectivity index (χ4v) is 5.15. The van der Waals surface area contributed by atoms with E-state index in [1.807, 2.05) is 61.8 Å². The van der Waals surface area contributed by atoms with Crippen molar-refractivity contribution >= 4 is 17.2 Å². The van der Waals surface area contributed by atoms with E-state index in [-0.39, 0.29) is 5.91 Å². The summed E-state index contributed by atoms with van der Waals surface area (Å²) in [7, 11) is 0. The van der Waals surface area contributed by atoms with E-state index in [9.17, 15) is 15.2 Å². The van der Waals surface area contributed by atoms with Gasteiger partial charge in [-0.3, -0.25) is 9.78 Å². The van der Waals surface area contributed by atoms with Crippen molar-refractivity contribution in [1.82, 2.24) is 24.5 Å². The maximum absolute atomic E-state index is 12.8. The Kier molecular flexibility index (Phi) is 6.68. The van der Waals surface area contributed by atoms with Gasteiger partial charge in [0.25, 0.3) is 5.91 Å². The molecule has 0 saturated carbocycles. The maximum Gasteiger partial charge on any atom is 0.256 e. The number of aliphatic hydroxyl groups is 1. The molecule has 198 valence electrons. The van der Waals surface area contributed by atoms with Gasteiger partial charge in [0.2, 0.25) is 0 Å². The number of hydrogen-bond donors (Lipinski definition) is 1. The lowest BCUT2D eigenvalue weighted by Gasteiger charge is -2.36. The fourth-order valence-electron chi connectivity index (χ4n) is 5.15. The second-order valence-corrected chi connectivity index (χ2v) is 9.82. The van der Waals surface area contributed by atoms with Crippen LogP contribution in [0.1, 0.15) is 22.9 Å². The fraction of sp³-hybridized carbons (Fsp3) is 0.194.